The van der Waals surface area contributed by atoms with Crippen molar-refractivity contribution >= 4 is 54.9 Å². The Kier molecular flexibility index (Phi) is 5.92. The van der Waals surface area contributed by atoms with Gasteiger partial charge in [0, 0.05) is 43.7 Å². The van der Waals surface area contributed by atoms with Gasteiger partial charge in [-0.25, -0.2) is 8.42 Å². The first-order valence-corrected chi connectivity index (χ1v) is 12.7. The fourth-order valence-corrected chi connectivity index (χ4v) is 6.59. The number of thiophene rings is 1. The highest BCUT2D eigenvalue weighted by atomic mass is 32.2. The monoisotopic (exact) mass is 463 g/mol. The van der Waals surface area contributed by atoms with E-state index in [2.05, 4.69) is 0 Å². The molecule has 1 aromatic carbocycles. The van der Waals surface area contributed by atoms with Crippen LogP contribution < -0.4 is 4.87 Å². The second-order valence-corrected chi connectivity index (χ2v) is 10.7. The first-order chi connectivity index (χ1) is 14.4. The van der Waals surface area contributed by atoms with Crippen molar-refractivity contribution in [3.8, 4) is 0 Å². The standard InChI is InChI=1S/C20H21N3O4S3/c1-2-23-17-7-6-16(14-18(17)29-20(23)25)30(26,27)22-11-9-21(10-12-22)19(24)8-5-15-4-3-13-28-15/h3-8,13-14H,2,9-12H2,1H3/b8-5+. The number of aromatic nitrogens is 1. The third kappa shape index (κ3) is 4.00. The lowest BCUT2D eigenvalue weighted by Gasteiger charge is -2.33. The number of rotatable bonds is 5. The van der Waals surface area contributed by atoms with Crippen molar-refractivity contribution < 1.29 is 13.2 Å². The van der Waals surface area contributed by atoms with Crippen molar-refractivity contribution in [1.82, 2.24) is 13.8 Å². The molecule has 1 amide bonds. The van der Waals surface area contributed by atoms with Gasteiger partial charge in [-0.05, 0) is 42.6 Å². The highest BCUT2D eigenvalue weighted by Gasteiger charge is 2.30. The summed E-state index contributed by atoms with van der Waals surface area (Å²) in [7, 11) is -3.69. The largest absolute Gasteiger partial charge is 0.337 e. The SMILES string of the molecule is CCn1c(=O)sc2cc(S(=O)(=O)N3CCN(C(=O)/C=C/c4cccs4)CC3)ccc21. The van der Waals surface area contributed by atoms with E-state index in [4.69, 9.17) is 0 Å². The highest BCUT2D eigenvalue weighted by molar-refractivity contribution is 7.89. The van der Waals surface area contributed by atoms with E-state index in [0.29, 0.717) is 24.3 Å². The molecule has 0 unspecified atom stereocenters. The smallest absolute Gasteiger partial charge is 0.308 e. The summed E-state index contributed by atoms with van der Waals surface area (Å²) < 4.78 is 29.9. The predicted octanol–water partition coefficient (Wildman–Crippen LogP) is 2.69. The Morgan fingerprint density at radius 3 is 2.60 bits per heavy atom. The summed E-state index contributed by atoms with van der Waals surface area (Å²) in [5.41, 5.74) is 0.749. The van der Waals surface area contributed by atoms with Gasteiger partial charge < -0.3 is 4.90 Å². The quantitative estimate of drug-likeness (QED) is 0.545. The van der Waals surface area contributed by atoms with Crippen LogP contribution in [0.15, 0.2) is 51.5 Å². The van der Waals surface area contributed by atoms with E-state index in [1.54, 1.807) is 45.1 Å². The van der Waals surface area contributed by atoms with Gasteiger partial charge in [0.25, 0.3) is 0 Å². The molecule has 1 aliphatic heterocycles. The Balaban J connectivity index is 1.46. The third-order valence-corrected chi connectivity index (χ3v) is 8.75. The number of hydrogen-bond donors (Lipinski definition) is 0. The van der Waals surface area contributed by atoms with E-state index >= 15 is 0 Å². The van der Waals surface area contributed by atoms with Gasteiger partial charge in [0.1, 0.15) is 0 Å². The first kappa shape index (κ1) is 21.0. The van der Waals surface area contributed by atoms with Gasteiger partial charge in [-0.2, -0.15) is 4.31 Å². The molecule has 2 aromatic heterocycles. The van der Waals surface area contributed by atoms with Crippen molar-refractivity contribution in [2.75, 3.05) is 26.2 Å². The van der Waals surface area contributed by atoms with Crippen LogP contribution >= 0.6 is 22.7 Å². The van der Waals surface area contributed by atoms with E-state index in [9.17, 15) is 18.0 Å². The number of amides is 1. The molecule has 0 spiro atoms. The molecular weight excluding hydrogens is 442 g/mol. The maximum atomic E-state index is 13.1. The number of carbonyl (C=O) groups is 1. The molecule has 158 valence electrons. The van der Waals surface area contributed by atoms with Gasteiger partial charge in [0.2, 0.25) is 15.9 Å². The molecule has 10 heteroatoms. The maximum Gasteiger partial charge on any atom is 0.308 e. The molecule has 0 atom stereocenters. The normalized spacial score (nSPS) is 16.0. The van der Waals surface area contributed by atoms with E-state index in [-0.39, 0.29) is 28.8 Å². The summed E-state index contributed by atoms with van der Waals surface area (Å²) in [6, 6.07) is 8.67. The fourth-order valence-electron chi connectivity index (χ4n) is 3.45. The molecule has 7 nitrogen and oxygen atoms in total. The summed E-state index contributed by atoms with van der Waals surface area (Å²) in [4.78, 5) is 27.2. The van der Waals surface area contributed by atoms with E-state index in [0.717, 1.165) is 21.7 Å². The lowest BCUT2D eigenvalue weighted by atomic mass is 10.3. The van der Waals surface area contributed by atoms with Crippen LogP contribution in [-0.2, 0) is 21.4 Å². The lowest BCUT2D eigenvalue weighted by molar-refractivity contribution is -0.127. The van der Waals surface area contributed by atoms with Gasteiger partial charge in [-0.15, -0.1) is 11.3 Å². The minimum absolute atomic E-state index is 0.0928. The molecule has 4 rings (SSSR count). The molecular formula is C20H21N3O4S3. The fraction of sp³-hybridized carbons (Fsp3) is 0.300. The molecule has 0 N–H and O–H groups in total. The van der Waals surface area contributed by atoms with Crippen LogP contribution in [0.25, 0.3) is 16.3 Å². The number of carbonyl (C=O) groups excluding carboxylic acids is 1. The minimum Gasteiger partial charge on any atom is -0.337 e. The average Bonchev–Trinajstić information content (AvgIpc) is 3.38. The van der Waals surface area contributed by atoms with Gasteiger partial charge in [-0.3, -0.25) is 14.2 Å². The maximum absolute atomic E-state index is 13.1. The number of thiazole rings is 1. The number of nitrogens with zero attached hydrogens (tertiary/aromatic N) is 3. The average molecular weight is 464 g/mol. The highest BCUT2D eigenvalue weighted by Crippen LogP contribution is 2.25. The van der Waals surface area contributed by atoms with E-state index < -0.39 is 10.0 Å². The van der Waals surface area contributed by atoms with Gasteiger partial charge >= 0.3 is 4.87 Å². The number of benzene rings is 1. The predicted molar refractivity (Wildman–Crippen MR) is 120 cm³/mol. The number of fused-ring (bicyclic) bond motifs is 1. The van der Waals surface area contributed by atoms with Crippen LogP contribution in [0.3, 0.4) is 0 Å². The van der Waals surface area contributed by atoms with Gasteiger partial charge in [0.05, 0.1) is 15.1 Å². The molecule has 3 aromatic rings. The molecule has 1 fully saturated rings. The molecule has 0 aliphatic carbocycles. The number of aryl methyl sites for hydroxylation is 1. The molecule has 1 aliphatic rings. The van der Waals surface area contributed by atoms with Crippen molar-refractivity contribution in [3.05, 3.63) is 56.3 Å². The Morgan fingerprint density at radius 2 is 1.93 bits per heavy atom. The zero-order chi connectivity index (χ0) is 21.3. The zero-order valence-electron chi connectivity index (χ0n) is 16.4. The number of piperazine rings is 1. The van der Waals surface area contributed by atoms with Crippen LogP contribution in [0.5, 0.6) is 0 Å². The third-order valence-electron chi connectivity index (χ3n) is 5.08. The minimum atomic E-state index is -3.69. The second kappa shape index (κ2) is 8.46. The summed E-state index contributed by atoms with van der Waals surface area (Å²) in [6.45, 7) is 3.59. The Morgan fingerprint density at radius 1 is 1.17 bits per heavy atom. The Hall–Kier alpha value is -2.27. The molecule has 30 heavy (non-hydrogen) atoms. The lowest BCUT2D eigenvalue weighted by Crippen LogP contribution is -2.50. The Bertz CT molecular complexity index is 1250. The number of hydrogen-bond acceptors (Lipinski definition) is 6. The topological polar surface area (TPSA) is 79.7 Å². The van der Waals surface area contributed by atoms with E-state index in [1.807, 2.05) is 24.4 Å². The first-order valence-electron chi connectivity index (χ1n) is 9.54. The van der Waals surface area contributed by atoms with Crippen LogP contribution in [-0.4, -0.2) is 54.3 Å². The van der Waals surface area contributed by atoms with Gasteiger partial charge in [0.15, 0.2) is 0 Å². The van der Waals surface area contributed by atoms with Crippen LogP contribution in [0.1, 0.15) is 11.8 Å². The molecule has 0 saturated carbocycles. The summed E-state index contributed by atoms with van der Waals surface area (Å²) >= 11 is 2.61. The van der Waals surface area contributed by atoms with Crippen molar-refractivity contribution in [2.24, 2.45) is 0 Å². The summed E-state index contributed by atoms with van der Waals surface area (Å²) in [5, 5.41) is 1.95. The molecule has 0 radical (unpaired) electrons. The van der Waals surface area contributed by atoms with Crippen LogP contribution in [0.4, 0.5) is 0 Å². The zero-order valence-corrected chi connectivity index (χ0v) is 18.8. The van der Waals surface area contributed by atoms with Gasteiger partial charge in [-0.1, -0.05) is 17.4 Å². The van der Waals surface area contributed by atoms with Crippen molar-refractivity contribution in [1.29, 1.82) is 0 Å². The molecule has 3 heterocycles. The van der Waals surface area contributed by atoms with Crippen LogP contribution in [0, 0.1) is 0 Å². The molecule has 0 bridgehead atoms. The number of sulfonamides is 1. The molecule has 1 saturated heterocycles. The van der Waals surface area contributed by atoms with Crippen molar-refractivity contribution in [2.45, 2.75) is 18.4 Å². The van der Waals surface area contributed by atoms with E-state index in [1.165, 1.54) is 10.4 Å². The summed E-state index contributed by atoms with van der Waals surface area (Å²) in [6.07, 6.45) is 3.31. The second-order valence-electron chi connectivity index (χ2n) is 6.82. The van der Waals surface area contributed by atoms with Crippen molar-refractivity contribution in [3.63, 3.8) is 0 Å². The summed E-state index contributed by atoms with van der Waals surface area (Å²) in [5.74, 6) is -0.118. The van der Waals surface area contributed by atoms with Crippen LogP contribution in [0.2, 0.25) is 0 Å². The Labute approximate surface area is 182 Å².